The predicted molar refractivity (Wildman–Crippen MR) is 88.3 cm³/mol. The number of esters is 1. The summed E-state index contributed by atoms with van der Waals surface area (Å²) in [5, 5.41) is 3.25. The number of methoxy groups -OCH3 is 1. The van der Waals surface area contributed by atoms with E-state index in [1.165, 1.54) is 7.11 Å². The molecule has 0 radical (unpaired) electrons. The van der Waals surface area contributed by atoms with Crippen LogP contribution in [0.25, 0.3) is 0 Å². The van der Waals surface area contributed by atoms with Gasteiger partial charge in [0.15, 0.2) is 5.54 Å². The third-order valence-corrected chi connectivity index (χ3v) is 3.55. The van der Waals surface area contributed by atoms with Gasteiger partial charge in [0.25, 0.3) is 0 Å². The molecule has 2 rings (SSSR count). The monoisotopic (exact) mass is 296 g/mol. The Morgan fingerprint density at radius 1 is 1.18 bits per heavy atom. The van der Waals surface area contributed by atoms with Crippen molar-refractivity contribution >= 4 is 11.7 Å². The summed E-state index contributed by atoms with van der Waals surface area (Å²) in [4.78, 5) is 12.7. The zero-order valence-electron chi connectivity index (χ0n) is 12.6. The minimum Gasteiger partial charge on any atom is -0.467 e. The summed E-state index contributed by atoms with van der Waals surface area (Å²) in [6, 6.07) is 16.7. The number of anilines is 1. The Hall–Kier alpha value is -2.59. The first-order valence-electron chi connectivity index (χ1n) is 7.01. The highest BCUT2D eigenvalue weighted by molar-refractivity contribution is 5.87. The molecule has 0 saturated carbocycles. The minimum absolute atomic E-state index is 0.384. The summed E-state index contributed by atoms with van der Waals surface area (Å²) >= 11 is 0. The van der Waals surface area contributed by atoms with Crippen LogP contribution in [-0.4, -0.2) is 19.6 Å². The van der Waals surface area contributed by atoms with Crippen molar-refractivity contribution in [3.8, 4) is 0 Å². The highest BCUT2D eigenvalue weighted by Gasteiger charge is 2.42. The maximum Gasteiger partial charge on any atom is 0.335 e. The van der Waals surface area contributed by atoms with E-state index in [2.05, 4.69) is 11.9 Å². The lowest BCUT2D eigenvalue weighted by atomic mass is 9.82. The topological polar surface area (TPSA) is 64.3 Å². The molecule has 0 aromatic heterocycles. The Morgan fingerprint density at radius 2 is 1.77 bits per heavy atom. The van der Waals surface area contributed by atoms with Gasteiger partial charge in [-0.2, -0.15) is 0 Å². The third-order valence-electron chi connectivity index (χ3n) is 3.55. The Labute approximate surface area is 130 Å². The molecule has 0 saturated heterocycles. The molecule has 0 unspecified atom stereocenters. The Balaban J connectivity index is 2.66. The van der Waals surface area contributed by atoms with Gasteiger partial charge in [0.05, 0.1) is 7.11 Å². The van der Waals surface area contributed by atoms with Crippen molar-refractivity contribution in [1.82, 2.24) is 5.32 Å². The summed E-state index contributed by atoms with van der Waals surface area (Å²) in [5.41, 5.74) is 6.87. The van der Waals surface area contributed by atoms with Crippen LogP contribution in [0.3, 0.4) is 0 Å². The van der Waals surface area contributed by atoms with Gasteiger partial charge in [0, 0.05) is 12.2 Å². The minimum atomic E-state index is -1.10. The van der Waals surface area contributed by atoms with E-state index in [0.29, 0.717) is 12.2 Å². The largest absolute Gasteiger partial charge is 0.467 e. The summed E-state index contributed by atoms with van der Waals surface area (Å²) in [5.74, 6) is -0.384. The summed E-state index contributed by atoms with van der Waals surface area (Å²) in [7, 11) is 1.38. The van der Waals surface area contributed by atoms with Crippen molar-refractivity contribution in [3.63, 3.8) is 0 Å². The number of hydrogen-bond donors (Lipinski definition) is 2. The summed E-state index contributed by atoms with van der Waals surface area (Å²) < 4.78 is 5.08. The first kappa shape index (κ1) is 15.8. The van der Waals surface area contributed by atoms with Gasteiger partial charge in [0.2, 0.25) is 0 Å². The van der Waals surface area contributed by atoms with E-state index in [4.69, 9.17) is 10.5 Å². The van der Waals surface area contributed by atoms with Crippen molar-refractivity contribution in [3.05, 3.63) is 78.4 Å². The van der Waals surface area contributed by atoms with Crippen LogP contribution in [0.15, 0.2) is 67.3 Å². The fourth-order valence-electron chi connectivity index (χ4n) is 2.48. The standard InChI is InChI=1S/C18H20N2O2/c1-3-13-20-18(17(21)22-2,14-7-5-4-6-8-14)15-9-11-16(19)12-10-15/h3-12,20H,1,13,19H2,2H3/t18-/m1/s1. The number of carbonyl (C=O) groups excluding carboxylic acids is 1. The molecule has 0 spiro atoms. The first-order chi connectivity index (χ1) is 10.6. The van der Waals surface area contributed by atoms with E-state index in [1.807, 2.05) is 42.5 Å². The average molecular weight is 296 g/mol. The number of nitrogens with two attached hydrogens (primary N) is 1. The van der Waals surface area contributed by atoms with Crippen molar-refractivity contribution < 1.29 is 9.53 Å². The Kier molecular flexibility index (Phi) is 4.96. The number of benzene rings is 2. The third kappa shape index (κ3) is 2.87. The fourth-order valence-corrected chi connectivity index (χ4v) is 2.48. The van der Waals surface area contributed by atoms with Crippen LogP contribution in [0.4, 0.5) is 5.69 Å². The molecule has 4 heteroatoms. The lowest BCUT2D eigenvalue weighted by Gasteiger charge is -2.33. The van der Waals surface area contributed by atoms with E-state index in [1.54, 1.807) is 18.2 Å². The zero-order chi connectivity index (χ0) is 16.0. The highest BCUT2D eigenvalue weighted by atomic mass is 16.5. The number of carbonyl (C=O) groups is 1. The van der Waals surface area contributed by atoms with Gasteiger partial charge < -0.3 is 10.5 Å². The molecule has 2 aromatic carbocycles. The van der Waals surface area contributed by atoms with Crippen LogP contribution in [-0.2, 0) is 15.1 Å². The molecular weight excluding hydrogens is 276 g/mol. The average Bonchev–Trinajstić information content (AvgIpc) is 2.57. The SMILES string of the molecule is C=CCN[C@](C(=O)OC)(c1ccccc1)c1ccc(N)cc1. The number of hydrogen-bond acceptors (Lipinski definition) is 4. The molecule has 0 amide bonds. The second kappa shape index (κ2) is 6.91. The molecule has 0 heterocycles. The van der Waals surface area contributed by atoms with Crippen LogP contribution >= 0.6 is 0 Å². The maximum atomic E-state index is 12.7. The lowest BCUT2D eigenvalue weighted by molar-refractivity contribution is -0.147. The van der Waals surface area contributed by atoms with Gasteiger partial charge in [-0.05, 0) is 23.3 Å². The van der Waals surface area contributed by atoms with Gasteiger partial charge in [-0.1, -0.05) is 48.5 Å². The molecule has 0 aliphatic carbocycles. The second-order valence-corrected chi connectivity index (χ2v) is 4.90. The van der Waals surface area contributed by atoms with Crippen LogP contribution in [0, 0.1) is 0 Å². The Morgan fingerprint density at radius 3 is 2.32 bits per heavy atom. The molecule has 0 bridgehead atoms. The van der Waals surface area contributed by atoms with Crippen LogP contribution in [0.5, 0.6) is 0 Å². The molecule has 0 aliphatic rings. The maximum absolute atomic E-state index is 12.7. The molecule has 22 heavy (non-hydrogen) atoms. The number of rotatable bonds is 6. The van der Waals surface area contributed by atoms with Crippen LogP contribution in [0.1, 0.15) is 11.1 Å². The molecule has 0 aliphatic heterocycles. The highest BCUT2D eigenvalue weighted by Crippen LogP contribution is 2.31. The summed E-state index contributed by atoms with van der Waals surface area (Å²) in [6.45, 7) is 4.17. The summed E-state index contributed by atoms with van der Waals surface area (Å²) in [6.07, 6.45) is 1.71. The fraction of sp³-hybridized carbons (Fsp3) is 0.167. The quantitative estimate of drug-likeness (QED) is 0.488. The molecule has 0 fully saturated rings. The van der Waals surface area contributed by atoms with Crippen LogP contribution < -0.4 is 11.1 Å². The van der Waals surface area contributed by atoms with Gasteiger partial charge in [0.1, 0.15) is 0 Å². The van der Waals surface area contributed by atoms with Crippen molar-refractivity contribution in [2.24, 2.45) is 0 Å². The van der Waals surface area contributed by atoms with E-state index in [9.17, 15) is 4.79 Å². The number of nitrogen functional groups attached to an aromatic ring is 1. The predicted octanol–water partition coefficient (Wildman–Crippen LogP) is 2.46. The van der Waals surface area contributed by atoms with E-state index < -0.39 is 5.54 Å². The molecule has 1 atom stereocenters. The molecule has 2 aromatic rings. The van der Waals surface area contributed by atoms with Gasteiger partial charge >= 0.3 is 5.97 Å². The van der Waals surface area contributed by atoms with Crippen molar-refractivity contribution in [1.29, 1.82) is 0 Å². The van der Waals surface area contributed by atoms with Crippen molar-refractivity contribution in [2.45, 2.75) is 5.54 Å². The zero-order valence-corrected chi connectivity index (χ0v) is 12.6. The van der Waals surface area contributed by atoms with Gasteiger partial charge in [-0.25, -0.2) is 4.79 Å². The number of ether oxygens (including phenoxy) is 1. The molecule has 3 N–H and O–H groups in total. The van der Waals surface area contributed by atoms with Gasteiger partial charge in [-0.15, -0.1) is 6.58 Å². The lowest BCUT2D eigenvalue weighted by Crippen LogP contribution is -2.51. The van der Waals surface area contributed by atoms with Crippen LogP contribution in [0.2, 0.25) is 0 Å². The molecular formula is C18H20N2O2. The smallest absolute Gasteiger partial charge is 0.335 e. The van der Waals surface area contributed by atoms with Crippen molar-refractivity contribution in [2.75, 3.05) is 19.4 Å². The Bertz CT molecular complexity index is 638. The first-order valence-corrected chi connectivity index (χ1v) is 7.01. The molecule has 114 valence electrons. The van der Waals surface area contributed by atoms with Gasteiger partial charge in [-0.3, -0.25) is 5.32 Å². The second-order valence-electron chi connectivity index (χ2n) is 4.90. The van der Waals surface area contributed by atoms with E-state index in [0.717, 1.165) is 11.1 Å². The normalized spacial score (nSPS) is 13.1. The van der Waals surface area contributed by atoms with E-state index >= 15 is 0 Å². The number of nitrogens with one attached hydrogen (secondary N) is 1. The van der Waals surface area contributed by atoms with E-state index in [-0.39, 0.29) is 5.97 Å². The molecule has 4 nitrogen and oxygen atoms in total.